The quantitative estimate of drug-likeness (QED) is 0.296. The summed E-state index contributed by atoms with van der Waals surface area (Å²) in [6, 6.07) is 19.0. The van der Waals surface area contributed by atoms with Gasteiger partial charge in [0.25, 0.3) is 0 Å². The first-order chi connectivity index (χ1) is 11.3. The minimum absolute atomic E-state index is 0.860. The predicted molar refractivity (Wildman–Crippen MR) is 104 cm³/mol. The summed E-state index contributed by atoms with van der Waals surface area (Å²) < 4.78 is 0. The Balaban J connectivity index is 1.39. The highest BCUT2D eigenvalue weighted by molar-refractivity contribution is 7.99. The summed E-state index contributed by atoms with van der Waals surface area (Å²) in [5, 5.41) is 0. The molecule has 0 saturated carbocycles. The van der Waals surface area contributed by atoms with E-state index >= 15 is 0 Å². The van der Waals surface area contributed by atoms with Gasteiger partial charge in [-0.3, -0.25) is 0 Å². The van der Waals surface area contributed by atoms with Gasteiger partial charge in [0.05, 0.1) is 0 Å². The fraction of sp³-hybridized carbons (Fsp3) is 0.429. The molecule has 23 heavy (non-hydrogen) atoms. The van der Waals surface area contributed by atoms with Gasteiger partial charge in [0.15, 0.2) is 0 Å². The highest BCUT2D eigenvalue weighted by atomic mass is 32.2. The zero-order chi connectivity index (χ0) is 16.2. The highest BCUT2D eigenvalue weighted by Crippen LogP contribution is 2.19. The lowest BCUT2D eigenvalue weighted by molar-refractivity contribution is 0.590. The van der Waals surface area contributed by atoms with E-state index in [0.717, 1.165) is 5.69 Å². The molecule has 2 N–H and O–H groups in total. The molecule has 1 nitrogen and oxygen atoms in total. The molecule has 0 aliphatic rings. The van der Waals surface area contributed by atoms with Crippen LogP contribution in [0.15, 0.2) is 59.5 Å². The van der Waals surface area contributed by atoms with Crippen molar-refractivity contribution in [2.75, 3.05) is 11.5 Å². The maximum atomic E-state index is 5.70. The van der Waals surface area contributed by atoms with Gasteiger partial charge in [-0.1, -0.05) is 62.4 Å². The largest absolute Gasteiger partial charge is 0.399 e. The Bertz CT molecular complexity index is 521. The Labute approximate surface area is 145 Å². The highest BCUT2D eigenvalue weighted by Gasteiger charge is 1.96. The molecule has 0 aliphatic carbocycles. The number of hydrogen-bond donors (Lipinski definition) is 1. The standard InChI is InChI=1S/C21H29NS/c22-20-16-14-19(15-17-20)11-7-4-2-1-3-5-10-18-23-21-12-8-6-9-13-21/h6,8-9,12-17H,1-5,7,10-11,18,22H2. The van der Waals surface area contributed by atoms with Crippen LogP contribution in [0.4, 0.5) is 5.69 Å². The third kappa shape index (κ3) is 8.13. The number of nitrogen functional groups attached to an aromatic ring is 1. The number of aryl methyl sites for hydroxylation is 1. The topological polar surface area (TPSA) is 26.0 Å². The molecule has 2 rings (SSSR count). The fourth-order valence-corrected chi connectivity index (χ4v) is 3.64. The lowest BCUT2D eigenvalue weighted by Gasteiger charge is -2.04. The summed E-state index contributed by atoms with van der Waals surface area (Å²) in [6.45, 7) is 0. The number of hydrogen-bond acceptors (Lipinski definition) is 2. The van der Waals surface area contributed by atoms with E-state index in [9.17, 15) is 0 Å². The zero-order valence-corrected chi connectivity index (χ0v) is 14.9. The molecule has 0 aliphatic heterocycles. The van der Waals surface area contributed by atoms with Crippen LogP contribution in [0, 0.1) is 0 Å². The normalized spacial score (nSPS) is 10.8. The van der Waals surface area contributed by atoms with E-state index in [2.05, 4.69) is 42.5 Å². The van der Waals surface area contributed by atoms with Gasteiger partial charge >= 0.3 is 0 Å². The Kier molecular flexibility index (Phi) is 8.72. The van der Waals surface area contributed by atoms with Gasteiger partial charge in [0.2, 0.25) is 0 Å². The van der Waals surface area contributed by atoms with Crippen molar-refractivity contribution in [1.82, 2.24) is 0 Å². The van der Waals surface area contributed by atoms with E-state index in [1.807, 2.05) is 23.9 Å². The second-order valence-electron chi connectivity index (χ2n) is 6.13. The van der Waals surface area contributed by atoms with Crippen LogP contribution in [0.25, 0.3) is 0 Å². The Morgan fingerprint density at radius 3 is 1.96 bits per heavy atom. The summed E-state index contributed by atoms with van der Waals surface area (Å²) >= 11 is 1.98. The van der Waals surface area contributed by atoms with Gasteiger partial charge in [0.1, 0.15) is 0 Å². The Morgan fingerprint density at radius 2 is 1.26 bits per heavy atom. The van der Waals surface area contributed by atoms with Gasteiger partial charge in [0, 0.05) is 10.6 Å². The monoisotopic (exact) mass is 327 g/mol. The summed E-state index contributed by atoms with van der Waals surface area (Å²) in [4.78, 5) is 1.40. The number of anilines is 1. The third-order valence-corrected chi connectivity index (χ3v) is 5.20. The molecule has 0 saturated heterocycles. The second kappa shape index (κ2) is 11.2. The molecule has 2 aromatic rings. The van der Waals surface area contributed by atoms with E-state index < -0.39 is 0 Å². The molecule has 124 valence electrons. The molecule has 0 radical (unpaired) electrons. The first-order valence-corrected chi connectivity index (χ1v) is 9.85. The summed E-state index contributed by atoms with van der Waals surface area (Å²) in [5.41, 5.74) is 7.98. The van der Waals surface area contributed by atoms with Crippen molar-refractivity contribution < 1.29 is 0 Å². The predicted octanol–water partition coefficient (Wildman–Crippen LogP) is 6.33. The number of rotatable bonds is 11. The average Bonchev–Trinajstić information content (AvgIpc) is 2.59. The van der Waals surface area contributed by atoms with Crippen LogP contribution in [0.1, 0.15) is 50.5 Å². The molecule has 0 spiro atoms. The van der Waals surface area contributed by atoms with Crippen molar-refractivity contribution >= 4 is 17.4 Å². The second-order valence-corrected chi connectivity index (χ2v) is 7.30. The minimum atomic E-state index is 0.860. The zero-order valence-electron chi connectivity index (χ0n) is 14.0. The minimum Gasteiger partial charge on any atom is -0.399 e. The average molecular weight is 328 g/mol. The van der Waals surface area contributed by atoms with Crippen molar-refractivity contribution in [1.29, 1.82) is 0 Å². The van der Waals surface area contributed by atoms with Crippen molar-refractivity contribution in [3.8, 4) is 0 Å². The van der Waals surface area contributed by atoms with Crippen molar-refractivity contribution in [2.45, 2.75) is 56.3 Å². The van der Waals surface area contributed by atoms with E-state index in [1.54, 1.807) is 0 Å². The maximum Gasteiger partial charge on any atom is 0.0314 e. The van der Waals surface area contributed by atoms with Gasteiger partial charge in [-0.25, -0.2) is 0 Å². The van der Waals surface area contributed by atoms with Crippen LogP contribution in [-0.4, -0.2) is 5.75 Å². The van der Waals surface area contributed by atoms with Crippen LogP contribution in [-0.2, 0) is 6.42 Å². The molecular weight excluding hydrogens is 298 g/mol. The van der Waals surface area contributed by atoms with E-state index in [1.165, 1.54) is 67.6 Å². The smallest absolute Gasteiger partial charge is 0.0314 e. The molecule has 0 atom stereocenters. The summed E-state index contributed by atoms with van der Waals surface area (Å²) in [6.07, 6.45) is 10.7. The Morgan fingerprint density at radius 1 is 0.652 bits per heavy atom. The molecule has 0 unspecified atom stereocenters. The van der Waals surface area contributed by atoms with E-state index in [4.69, 9.17) is 5.73 Å². The molecule has 0 aromatic heterocycles. The van der Waals surface area contributed by atoms with Crippen molar-refractivity contribution in [3.05, 3.63) is 60.2 Å². The van der Waals surface area contributed by atoms with Crippen LogP contribution in [0.3, 0.4) is 0 Å². The van der Waals surface area contributed by atoms with E-state index in [0.29, 0.717) is 0 Å². The Hall–Kier alpha value is -1.41. The van der Waals surface area contributed by atoms with Crippen molar-refractivity contribution in [3.63, 3.8) is 0 Å². The number of thioether (sulfide) groups is 1. The number of nitrogens with two attached hydrogens (primary N) is 1. The van der Waals surface area contributed by atoms with Crippen LogP contribution in [0.5, 0.6) is 0 Å². The molecule has 2 aromatic carbocycles. The first-order valence-electron chi connectivity index (χ1n) is 8.87. The molecular formula is C21H29NS. The van der Waals surface area contributed by atoms with Gasteiger partial charge in [-0.15, -0.1) is 11.8 Å². The first kappa shape index (κ1) is 17.9. The number of unbranched alkanes of at least 4 members (excludes halogenated alkanes) is 6. The van der Waals surface area contributed by atoms with Crippen LogP contribution in [0.2, 0.25) is 0 Å². The molecule has 0 bridgehead atoms. The fourth-order valence-electron chi connectivity index (χ4n) is 2.71. The lowest BCUT2D eigenvalue weighted by atomic mass is 10.0. The molecule has 0 heterocycles. The maximum absolute atomic E-state index is 5.70. The lowest BCUT2D eigenvalue weighted by Crippen LogP contribution is -1.89. The van der Waals surface area contributed by atoms with Crippen LogP contribution < -0.4 is 5.73 Å². The van der Waals surface area contributed by atoms with Gasteiger partial charge < -0.3 is 5.73 Å². The van der Waals surface area contributed by atoms with Crippen LogP contribution >= 0.6 is 11.8 Å². The van der Waals surface area contributed by atoms with E-state index in [-0.39, 0.29) is 0 Å². The third-order valence-electron chi connectivity index (χ3n) is 4.10. The van der Waals surface area contributed by atoms with Gasteiger partial charge in [-0.05, 0) is 54.8 Å². The summed E-state index contributed by atoms with van der Waals surface area (Å²) in [5.74, 6) is 1.25. The SMILES string of the molecule is Nc1ccc(CCCCCCCCCSc2ccccc2)cc1. The van der Waals surface area contributed by atoms with Crippen molar-refractivity contribution in [2.24, 2.45) is 0 Å². The molecule has 2 heteroatoms. The van der Waals surface area contributed by atoms with Gasteiger partial charge in [-0.2, -0.15) is 0 Å². The molecule has 0 amide bonds. The summed E-state index contributed by atoms with van der Waals surface area (Å²) in [7, 11) is 0. The number of benzene rings is 2. The molecule has 0 fully saturated rings.